The van der Waals surface area contributed by atoms with Crippen molar-refractivity contribution < 1.29 is 17.6 Å². The van der Waals surface area contributed by atoms with Crippen LogP contribution in [0.5, 0.6) is 0 Å². The summed E-state index contributed by atoms with van der Waals surface area (Å²) in [6, 6.07) is 3.58. The predicted octanol–water partition coefficient (Wildman–Crippen LogP) is 4.75. The molecule has 0 saturated carbocycles. The maximum atomic E-state index is 13.0. The Bertz CT molecular complexity index is 754. The summed E-state index contributed by atoms with van der Waals surface area (Å²) in [5, 5.41) is 7.38. The molecule has 2 rings (SSSR count). The van der Waals surface area contributed by atoms with Crippen molar-refractivity contribution in [2.75, 3.05) is 0 Å². The van der Waals surface area contributed by atoms with Crippen LogP contribution in [-0.4, -0.2) is 18.3 Å². The fourth-order valence-electron chi connectivity index (χ4n) is 1.56. The van der Waals surface area contributed by atoms with Gasteiger partial charge in [-0.3, -0.25) is 0 Å². The normalized spacial score (nSPS) is 12.0. The summed E-state index contributed by atoms with van der Waals surface area (Å²) < 4.78 is 44.9. The van der Waals surface area contributed by atoms with Crippen LogP contribution in [0.4, 0.5) is 13.2 Å². The van der Waals surface area contributed by atoms with Gasteiger partial charge in [-0.05, 0) is 24.1 Å². The molecule has 1 aromatic carbocycles. The van der Waals surface area contributed by atoms with E-state index in [4.69, 9.17) is 4.42 Å². The molecule has 1 heterocycles. The summed E-state index contributed by atoms with van der Waals surface area (Å²) in [6.07, 6.45) is -4.51. The minimum Gasteiger partial charge on any atom is -0.410 e. The van der Waals surface area contributed by atoms with E-state index >= 15 is 0 Å². The highest BCUT2D eigenvalue weighted by molar-refractivity contribution is 9.10. The van der Waals surface area contributed by atoms with Gasteiger partial charge in [0.1, 0.15) is 8.07 Å². The third-order valence-corrected chi connectivity index (χ3v) is 3.86. The lowest BCUT2D eigenvalue weighted by Crippen LogP contribution is -2.16. The van der Waals surface area contributed by atoms with Gasteiger partial charge in [-0.2, -0.15) is 13.2 Å². The second-order valence-corrected chi connectivity index (χ2v) is 11.3. The van der Waals surface area contributed by atoms with Crippen LogP contribution >= 0.6 is 15.9 Å². The van der Waals surface area contributed by atoms with Crippen molar-refractivity contribution >= 4 is 24.0 Å². The molecule has 116 valence electrons. The number of benzene rings is 1. The van der Waals surface area contributed by atoms with E-state index in [2.05, 4.69) is 37.6 Å². The third kappa shape index (κ3) is 4.21. The maximum absolute atomic E-state index is 13.0. The Morgan fingerprint density at radius 2 is 1.86 bits per heavy atom. The van der Waals surface area contributed by atoms with Crippen molar-refractivity contribution in [1.29, 1.82) is 0 Å². The molecule has 0 unspecified atom stereocenters. The molecular formula is C14H12BrF3N2OSi. The van der Waals surface area contributed by atoms with Gasteiger partial charge in [0.2, 0.25) is 5.89 Å². The van der Waals surface area contributed by atoms with E-state index in [0.717, 1.165) is 6.07 Å². The molecular weight excluding hydrogens is 377 g/mol. The zero-order valence-corrected chi connectivity index (χ0v) is 14.6. The summed E-state index contributed by atoms with van der Waals surface area (Å²) in [5.41, 5.74) is 2.02. The van der Waals surface area contributed by atoms with E-state index in [1.165, 1.54) is 12.1 Å². The molecule has 1 aromatic heterocycles. The molecule has 0 saturated heterocycles. The molecule has 0 spiro atoms. The first-order chi connectivity index (χ1) is 10.1. The zero-order valence-electron chi connectivity index (χ0n) is 12.0. The number of aromatic nitrogens is 2. The first-order valence-electron chi connectivity index (χ1n) is 6.30. The van der Waals surface area contributed by atoms with Crippen LogP contribution in [0.15, 0.2) is 27.1 Å². The molecule has 0 amide bonds. The van der Waals surface area contributed by atoms with Gasteiger partial charge in [-0.1, -0.05) is 40.7 Å². The minimum atomic E-state index is -4.51. The van der Waals surface area contributed by atoms with E-state index in [9.17, 15) is 13.2 Å². The summed E-state index contributed by atoms with van der Waals surface area (Å²) >= 11 is 3.14. The Labute approximate surface area is 135 Å². The molecule has 3 nitrogen and oxygen atoms in total. The van der Waals surface area contributed by atoms with Gasteiger partial charge >= 0.3 is 6.18 Å². The van der Waals surface area contributed by atoms with Crippen molar-refractivity contribution in [3.05, 3.63) is 34.1 Å². The standard InChI is InChI=1S/C14H12BrF3N2OSi/c1-22(2,3)7-6-12-19-20-13(21-12)10-8-9(15)4-5-11(10)14(16,17)18/h4-5,8H,1-3H3. The third-order valence-electron chi connectivity index (χ3n) is 2.49. The molecule has 0 aliphatic heterocycles. The number of hydrogen-bond acceptors (Lipinski definition) is 3. The quantitative estimate of drug-likeness (QED) is 0.522. The highest BCUT2D eigenvalue weighted by Crippen LogP contribution is 2.37. The lowest BCUT2D eigenvalue weighted by Gasteiger charge is -2.10. The number of hydrogen-bond donors (Lipinski definition) is 0. The summed E-state index contributed by atoms with van der Waals surface area (Å²) in [5.74, 6) is 2.54. The van der Waals surface area contributed by atoms with E-state index < -0.39 is 19.8 Å². The van der Waals surface area contributed by atoms with E-state index in [-0.39, 0.29) is 17.3 Å². The van der Waals surface area contributed by atoms with Crippen molar-refractivity contribution in [1.82, 2.24) is 10.2 Å². The van der Waals surface area contributed by atoms with Crippen molar-refractivity contribution in [3.8, 4) is 22.9 Å². The van der Waals surface area contributed by atoms with Gasteiger partial charge in [0.25, 0.3) is 5.89 Å². The first-order valence-corrected chi connectivity index (χ1v) is 10.6. The second-order valence-electron chi connectivity index (χ2n) is 5.60. The molecule has 0 radical (unpaired) electrons. The molecule has 0 bridgehead atoms. The topological polar surface area (TPSA) is 38.9 Å². The lowest BCUT2D eigenvalue weighted by atomic mass is 10.1. The average molecular weight is 389 g/mol. The Morgan fingerprint density at radius 1 is 1.18 bits per heavy atom. The van der Waals surface area contributed by atoms with Crippen molar-refractivity contribution in [2.45, 2.75) is 25.8 Å². The van der Waals surface area contributed by atoms with E-state index in [0.29, 0.717) is 4.47 Å². The monoisotopic (exact) mass is 388 g/mol. The molecule has 0 aliphatic rings. The molecule has 0 fully saturated rings. The van der Waals surface area contributed by atoms with Crippen molar-refractivity contribution in [3.63, 3.8) is 0 Å². The summed E-state index contributed by atoms with van der Waals surface area (Å²) in [6.45, 7) is 6.11. The SMILES string of the molecule is C[Si](C)(C)C#Cc1nnc(-c2cc(Br)ccc2C(F)(F)F)o1. The van der Waals surface area contributed by atoms with Crippen LogP contribution in [0.1, 0.15) is 11.5 Å². The van der Waals surface area contributed by atoms with Gasteiger partial charge < -0.3 is 4.42 Å². The fraction of sp³-hybridized carbons (Fsp3) is 0.286. The lowest BCUT2D eigenvalue weighted by molar-refractivity contribution is -0.137. The summed E-state index contributed by atoms with van der Waals surface area (Å²) in [4.78, 5) is 0. The van der Waals surface area contributed by atoms with Gasteiger partial charge in [-0.15, -0.1) is 10.6 Å². The highest BCUT2D eigenvalue weighted by atomic mass is 79.9. The van der Waals surface area contributed by atoms with Crippen LogP contribution in [0.3, 0.4) is 0 Å². The Kier molecular flexibility index (Phi) is 4.49. The van der Waals surface area contributed by atoms with Crippen LogP contribution in [0, 0.1) is 11.5 Å². The number of halogens is 4. The summed E-state index contributed by atoms with van der Waals surface area (Å²) in [7, 11) is -1.64. The smallest absolute Gasteiger partial charge is 0.410 e. The Hall–Kier alpha value is -1.59. The molecule has 0 N–H and O–H groups in total. The highest BCUT2D eigenvalue weighted by Gasteiger charge is 2.35. The molecule has 2 aromatic rings. The van der Waals surface area contributed by atoms with Crippen LogP contribution in [0.2, 0.25) is 19.6 Å². The Morgan fingerprint density at radius 3 is 2.45 bits per heavy atom. The zero-order chi connectivity index (χ0) is 16.5. The van der Waals surface area contributed by atoms with E-state index in [1.807, 2.05) is 19.6 Å². The fourth-order valence-corrected chi connectivity index (χ4v) is 2.41. The van der Waals surface area contributed by atoms with E-state index in [1.54, 1.807) is 0 Å². The Balaban J connectivity index is 2.47. The van der Waals surface area contributed by atoms with Gasteiger partial charge in [0, 0.05) is 4.47 Å². The molecule has 0 aliphatic carbocycles. The first kappa shape index (κ1) is 16.8. The van der Waals surface area contributed by atoms with Crippen LogP contribution in [0.25, 0.3) is 11.5 Å². The largest absolute Gasteiger partial charge is 0.417 e. The molecule has 0 atom stereocenters. The van der Waals surface area contributed by atoms with Crippen molar-refractivity contribution in [2.24, 2.45) is 0 Å². The predicted molar refractivity (Wildman–Crippen MR) is 82.7 cm³/mol. The number of nitrogens with zero attached hydrogens (tertiary/aromatic N) is 2. The van der Waals surface area contributed by atoms with Crippen LogP contribution in [-0.2, 0) is 6.18 Å². The van der Waals surface area contributed by atoms with Crippen LogP contribution < -0.4 is 0 Å². The average Bonchev–Trinajstić information content (AvgIpc) is 2.82. The van der Waals surface area contributed by atoms with Gasteiger partial charge in [-0.25, -0.2) is 0 Å². The molecule has 22 heavy (non-hydrogen) atoms. The maximum Gasteiger partial charge on any atom is 0.417 e. The van der Waals surface area contributed by atoms with Gasteiger partial charge in [0.15, 0.2) is 0 Å². The molecule has 8 heteroatoms. The number of alkyl halides is 3. The number of rotatable bonds is 1. The second kappa shape index (κ2) is 5.89. The minimum absolute atomic E-state index is 0.0190. The van der Waals surface area contributed by atoms with Gasteiger partial charge in [0.05, 0.1) is 11.1 Å².